The summed E-state index contributed by atoms with van der Waals surface area (Å²) in [6, 6.07) is 8.31. The maximum absolute atomic E-state index is 12.0. The van der Waals surface area contributed by atoms with Crippen LogP contribution in [0.15, 0.2) is 24.3 Å². The van der Waals surface area contributed by atoms with Crippen molar-refractivity contribution >= 4 is 22.4 Å². The molecule has 0 bridgehead atoms. The minimum absolute atomic E-state index is 0.0680. The number of anilines is 1. The Bertz CT molecular complexity index is 650. The molecule has 3 N–H and O–H groups in total. The van der Waals surface area contributed by atoms with Gasteiger partial charge in [0.1, 0.15) is 0 Å². The summed E-state index contributed by atoms with van der Waals surface area (Å²) in [5, 5.41) is 3.48. The Kier molecular flexibility index (Phi) is 3.44. The molecule has 4 nitrogen and oxygen atoms in total. The number of hydrogen-bond acceptors (Lipinski definition) is 4. The summed E-state index contributed by atoms with van der Waals surface area (Å²) in [4.78, 5) is 17.4. The maximum atomic E-state index is 12.0. The molecule has 1 aromatic heterocycles. The molecule has 0 saturated heterocycles. The second-order valence-corrected chi connectivity index (χ2v) is 6.01. The van der Waals surface area contributed by atoms with E-state index in [4.69, 9.17) is 5.73 Å². The monoisotopic (exact) mass is 287 g/mol. The van der Waals surface area contributed by atoms with E-state index in [0.717, 1.165) is 17.0 Å². The number of nitrogen functional groups attached to an aromatic ring is 1. The van der Waals surface area contributed by atoms with Gasteiger partial charge < -0.3 is 11.1 Å². The predicted octanol–water partition coefficient (Wildman–Crippen LogP) is 2.44. The molecule has 0 saturated carbocycles. The maximum Gasteiger partial charge on any atom is 0.221 e. The Morgan fingerprint density at radius 2 is 2.25 bits per heavy atom. The van der Waals surface area contributed by atoms with Gasteiger partial charge in [0.05, 0.1) is 12.2 Å². The number of nitrogens with two attached hydrogens (primary N) is 1. The summed E-state index contributed by atoms with van der Waals surface area (Å²) in [5.74, 6) is 0.142. The second-order valence-electron chi connectivity index (χ2n) is 4.95. The molecular weight excluding hydrogens is 270 g/mol. The van der Waals surface area contributed by atoms with Gasteiger partial charge in [-0.05, 0) is 17.5 Å². The van der Waals surface area contributed by atoms with Gasteiger partial charge in [-0.3, -0.25) is 4.79 Å². The molecule has 0 spiro atoms. The van der Waals surface area contributed by atoms with E-state index in [2.05, 4.69) is 29.4 Å². The fourth-order valence-corrected chi connectivity index (χ4v) is 3.73. The number of aromatic nitrogens is 1. The van der Waals surface area contributed by atoms with E-state index in [1.807, 2.05) is 12.1 Å². The third-order valence-electron chi connectivity index (χ3n) is 3.71. The number of thiazole rings is 1. The molecule has 1 aliphatic heterocycles. The lowest BCUT2D eigenvalue weighted by Crippen LogP contribution is -2.21. The lowest BCUT2D eigenvalue weighted by Gasteiger charge is -2.17. The van der Waals surface area contributed by atoms with E-state index in [-0.39, 0.29) is 11.8 Å². The molecule has 1 atom stereocenters. The van der Waals surface area contributed by atoms with Crippen molar-refractivity contribution in [1.82, 2.24) is 10.3 Å². The lowest BCUT2D eigenvalue weighted by molar-refractivity contribution is -0.121. The van der Waals surface area contributed by atoms with Crippen molar-refractivity contribution in [1.29, 1.82) is 0 Å². The summed E-state index contributed by atoms with van der Waals surface area (Å²) in [6.07, 6.45) is 1.42. The number of fused-ring (bicyclic) bond motifs is 1. The van der Waals surface area contributed by atoms with E-state index in [1.165, 1.54) is 22.5 Å². The van der Waals surface area contributed by atoms with E-state index < -0.39 is 0 Å². The smallest absolute Gasteiger partial charge is 0.221 e. The average molecular weight is 287 g/mol. The zero-order valence-electron chi connectivity index (χ0n) is 11.3. The summed E-state index contributed by atoms with van der Waals surface area (Å²) in [7, 11) is 0. The van der Waals surface area contributed by atoms with Crippen LogP contribution in [0.5, 0.6) is 0 Å². The molecule has 1 aliphatic rings. The summed E-state index contributed by atoms with van der Waals surface area (Å²) in [5.41, 5.74) is 9.26. The number of nitrogens with one attached hydrogen (secondary N) is 1. The van der Waals surface area contributed by atoms with Gasteiger partial charge >= 0.3 is 0 Å². The number of amides is 1. The third-order valence-corrected chi connectivity index (χ3v) is 4.76. The number of hydrogen-bond donors (Lipinski definition) is 2. The van der Waals surface area contributed by atoms with Crippen molar-refractivity contribution in [2.45, 2.75) is 32.2 Å². The zero-order chi connectivity index (χ0) is 14.1. The molecular formula is C15H17N3OS. The number of nitrogens with zero attached hydrogens (tertiary/aromatic N) is 1. The first-order chi connectivity index (χ1) is 9.69. The van der Waals surface area contributed by atoms with E-state index in [9.17, 15) is 4.79 Å². The van der Waals surface area contributed by atoms with Gasteiger partial charge in [-0.25, -0.2) is 4.98 Å². The van der Waals surface area contributed by atoms with Crippen LogP contribution in [0, 0.1) is 0 Å². The Hall–Kier alpha value is -1.88. The molecule has 3 rings (SSSR count). The topological polar surface area (TPSA) is 68.0 Å². The molecule has 0 aliphatic carbocycles. The number of carbonyl (C=O) groups excluding carboxylic acids is 1. The molecule has 2 heterocycles. The van der Waals surface area contributed by atoms with Crippen LogP contribution in [0.2, 0.25) is 0 Å². The first-order valence-electron chi connectivity index (χ1n) is 6.78. The minimum atomic E-state index is 0.0680. The molecule has 5 heteroatoms. The standard InChI is InChI=1S/C15H17N3OS/c1-2-9-5-3-4-6-10(9)11-7-13(19)17-8-12-14(11)20-15(16)18-12/h3-6,11H,2,7-8H2,1H3,(H2,16,18)(H,17,19)/t11-/m1/s1. The van der Waals surface area contributed by atoms with Crippen LogP contribution in [0.25, 0.3) is 0 Å². The van der Waals surface area contributed by atoms with E-state index in [0.29, 0.717) is 18.1 Å². The van der Waals surface area contributed by atoms with Crippen LogP contribution in [0.4, 0.5) is 5.13 Å². The molecule has 0 unspecified atom stereocenters. The molecule has 0 fully saturated rings. The number of carbonyl (C=O) groups is 1. The fourth-order valence-electron chi connectivity index (χ4n) is 2.76. The van der Waals surface area contributed by atoms with Gasteiger partial charge in [0.15, 0.2) is 5.13 Å². The highest BCUT2D eigenvalue weighted by atomic mass is 32.1. The number of rotatable bonds is 2. The van der Waals surface area contributed by atoms with Crippen LogP contribution < -0.4 is 11.1 Å². The number of aryl methyl sites for hydroxylation is 1. The van der Waals surface area contributed by atoms with Gasteiger partial charge in [0.2, 0.25) is 5.91 Å². The highest BCUT2D eigenvalue weighted by Gasteiger charge is 2.28. The Labute approximate surface area is 122 Å². The third kappa shape index (κ3) is 2.29. The molecule has 1 aromatic carbocycles. The first kappa shape index (κ1) is 13.1. The van der Waals surface area contributed by atoms with Crippen molar-refractivity contribution in [3.63, 3.8) is 0 Å². The number of benzene rings is 1. The van der Waals surface area contributed by atoms with Gasteiger partial charge in [0.25, 0.3) is 0 Å². The summed E-state index contributed by atoms with van der Waals surface area (Å²) < 4.78 is 0. The molecule has 0 radical (unpaired) electrons. The van der Waals surface area contributed by atoms with Gasteiger partial charge in [0, 0.05) is 17.2 Å². The van der Waals surface area contributed by atoms with E-state index in [1.54, 1.807) is 0 Å². The quantitative estimate of drug-likeness (QED) is 0.891. The normalized spacial score (nSPS) is 18.2. The van der Waals surface area contributed by atoms with Crippen LogP contribution >= 0.6 is 11.3 Å². The Morgan fingerprint density at radius 3 is 3.05 bits per heavy atom. The fraction of sp³-hybridized carbons (Fsp3) is 0.333. The second kappa shape index (κ2) is 5.25. The highest BCUT2D eigenvalue weighted by molar-refractivity contribution is 7.15. The van der Waals surface area contributed by atoms with Crippen molar-refractivity contribution < 1.29 is 4.79 Å². The van der Waals surface area contributed by atoms with Crippen LogP contribution in [0.1, 0.15) is 41.0 Å². The average Bonchev–Trinajstić information content (AvgIpc) is 2.76. The Morgan fingerprint density at radius 1 is 1.45 bits per heavy atom. The van der Waals surface area contributed by atoms with Crippen molar-refractivity contribution in [2.75, 3.05) is 5.73 Å². The van der Waals surface area contributed by atoms with Gasteiger partial charge in [-0.2, -0.15) is 0 Å². The molecule has 20 heavy (non-hydrogen) atoms. The van der Waals surface area contributed by atoms with E-state index >= 15 is 0 Å². The molecule has 104 valence electrons. The SMILES string of the molecule is CCc1ccccc1[C@H]1CC(=O)NCc2nc(N)sc21. The van der Waals surface area contributed by atoms with Crippen molar-refractivity contribution in [3.8, 4) is 0 Å². The van der Waals surface area contributed by atoms with Crippen LogP contribution in [-0.2, 0) is 17.8 Å². The van der Waals surface area contributed by atoms with Crippen LogP contribution in [0.3, 0.4) is 0 Å². The van der Waals surface area contributed by atoms with Crippen molar-refractivity contribution in [3.05, 3.63) is 46.0 Å². The minimum Gasteiger partial charge on any atom is -0.375 e. The zero-order valence-corrected chi connectivity index (χ0v) is 12.2. The van der Waals surface area contributed by atoms with Gasteiger partial charge in [-0.15, -0.1) is 11.3 Å². The van der Waals surface area contributed by atoms with Crippen molar-refractivity contribution in [2.24, 2.45) is 0 Å². The lowest BCUT2D eigenvalue weighted by atomic mass is 9.89. The van der Waals surface area contributed by atoms with Gasteiger partial charge in [-0.1, -0.05) is 31.2 Å². The molecule has 2 aromatic rings. The first-order valence-corrected chi connectivity index (χ1v) is 7.60. The highest BCUT2D eigenvalue weighted by Crippen LogP contribution is 2.38. The molecule has 1 amide bonds. The van der Waals surface area contributed by atoms with Crippen LogP contribution in [-0.4, -0.2) is 10.9 Å². The largest absolute Gasteiger partial charge is 0.375 e. The Balaban J connectivity index is 2.12. The summed E-state index contributed by atoms with van der Waals surface area (Å²) >= 11 is 1.50. The summed E-state index contributed by atoms with van der Waals surface area (Å²) in [6.45, 7) is 2.62. The predicted molar refractivity (Wildman–Crippen MR) is 80.7 cm³/mol.